The fourth-order valence-corrected chi connectivity index (χ4v) is 19.1. The molecule has 0 radical (unpaired) electrons. The van der Waals surface area contributed by atoms with Gasteiger partial charge in [-0.3, -0.25) is 0 Å². The summed E-state index contributed by atoms with van der Waals surface area (Å²) in [4.78, 5) is 0. The van der Waals surface area contributed by atoms with Crippen LogP contribution < -0.4 is 0 Å². The molecule has 21 rings (SSSR count). The zero-order valence-electron chi connectivity index (χ0n) is 53.9. The Morgan fingerprint density at radius 3 is 0.838 bits per heavy atom. The smallest absolute Gasteiger partial charge is 0.0434 e. The number of hydrogen-bond acceptors (Lipinski definition) is 3. The van der Waals surface area contributed by atoms with Crippen LogP contribution in [0.2, 0.25) is 0 Å². The third kappa shape index (κ3) is 10.2. The Bertz CT molecular complexity index is 6740. The molecule has 0 fully saturated rings. The first-order valence-corrected chi connectivity index (χ1v) is 36.3. The highest BCUT2D eigenvalue weighted by Crippen LogP contribution is 2.47. The molecule has 0 spiro atoms. The van der Waals surface area contributed by atoms with Crippen LogP contribution >= 0.6 is 34.0 Å². The number of fused-ring (bicyclic) bond motifs is 18. The third-order valence-corrected chi connectivity index (χ3v) is 23.7. The number of hydrogen-bond donors (Lipinski definition) is 0. The molecule has 0 aliphatic heterocycles. The lowest BCUT2D eigenvalue weighted by Crippen LogP contribution is -1.88. The van der Waals surface area contributed by atoms with E-state index in [1.54, 1.807) is 0 Å². The molecular formula is C96H60S3. The summed E-state index contributed by atoms with van der Waals surface area (Å²) in [6, 6.07) is 133. The van der Waals surface area contributed by atoms with Crippen molar-refractivity contribution in [2.75, 3.05) is 0 Å². The van der Waals surface area contributed by atoms with Crippen LogP contribution in [-0.2, 0) is 0 Å². The SMILES string of the molecule is c1cc(-c2cc3ccccc3c3ccccc23)cc(-c2cccc3c2sc2ccccc23)c1.c1ccc(-c2cccc3c2sc2ccccc23)c(-c2cc3ccccc3c3ccccc23)c1.c1ccc2c(c1)cc(-c1ccc(-c3cccc4c3sc3ccccc34)cc1)c1ccccc12. The Labute approximate surface area is 585 Å². The van der Waals surface area contributed by atoms with Gasteiger partial charge in [-0.2, -0.15) is 0 Å². The van der Waals surface area contributed by atoms with Gasteiger partial charge in [0.05, 0.1) is 0 Å². The van der Waals surface area contributed by atoms with Gasteiger partial charge in [-0.05, 0) is 168 Å². The standard InChI is InChI=1S/3C32H20S/c1-2-11-22-21(10-1)20-30(25-14-5-3-12-23(22)25)26-15-6-4-13-24(26)28-17-9-18-29-27-16-7-8-19-31(27)33-32(28)29;1-2-12-24-23(9-1)20-30(27-14-4-3-13-26(24)27)22-11-7-10-21(19-22)25-16-8-17-29-28-15-5-6-18-31(28)33-32(25)29;1-2-9-24-23(8-1)20-30(27-11-4-3-10-26(24)27)22-18-16-21(17-19-22)25-13-7-14-29-28-12-5-6-15-31(28)33-32(25)29/h3*1-20H. The van der Waals surface area contributed by atoms with E-state index in [1.807, 2.05) is 34.0 Å². The lowest BCUT2D eigenvalue weighted by Gasteiger charge is -2.15. The van der Waals surface area contributed by atoms with Crippen molar-refractivity contribution in [1.29, 1.82) is 0 Å². The topological polar surface area (TPSA) is 0 Å². The van der Waals surface area contributed by atoms with Gasteiger partial charge >= 0.3 is 0 Å². The van der Waals surface area contributed by atoms with Gasteiger partial charge in [0.1, 0.15) is 0 Å². The van der Waals surface area contributed by atoms with E-state index in [1.165, 1.54) is 192 Å². The molecule has 0 amide bonds. The molecule has 21 aromatic rings. The first-order chi connectivity index (χ1) is 49.1. The first kappa shape index (κ1) is 58.5. The van der Waals surface area contributed by atoms with Gasteiger partial charge < -0.3 is 0 Å². The van der Waals surface area contributed by atoms with Crippen molar-refractivity contribution >= 4 is 159 Å². The largest absolute Gasteiger partial charge is 0.135 e. The van der Waals surface area contributed by atoms with Crippen LogP contribution in [0.1, 0.15) is 0 Å². The van der Waals surface area contributed by atoms with E-state index in [9.17, 15) is 0 Å². The molecule has 0 unspecified atom stereocenters. The molecule has 3 heteroatoms. The monoisotopic (exact) mass is 1310 g/mol. The maximum Gasteiger partial charge on any atom is 0.0434 e. The summed E-state index contributed by atoms with van der Waals surface area (Å²) >= 11 is 5.67. The van der Waals surface area contributed by atoms with Crippen molar-refractivity contribution < 1.29 is 0 Å². The Hall–Kier alpha value is -11.8. The van der Waals surface area contributed by atoms with Gasteiger partial charge in [0.15, 0.2) is 0 Å². The maximum absolute atomic E-state index is 2.36. The van der Waals surface area contributed by atoms with E-state index in [2.05, 4.69) is 364 Å². The lowest BCUT2D eigenvalue weighted by atomic mass is 9.89. The highest BCUT2D eigenvalue weighted by atomic mass is 32.1. The summed E-state index contributed by atoms with van der Waals surface area (Å²) in [7, 11) is 0. The molecule has 0 aliphatic rings. The average molecular weight is 1310 g/mol. The molecule has 0 atom stereocenters. The van der Waals surface area contributed by atoms with Crippen LogP contribution in [0.4, 0.5) is 0 Å². The van der Waals surface area contributed by atoms with Gasteiger partial charge in [0.2, 0.25) is 0 Å². The van der Waals surface area contributed by atoms with Crippen molar-refractivity contribution in [3.63, 3.8) is 0 Å². The molecule has 3 aromatic heterocycles. The number of benzene rings is 18. The summed E-state index contributed by atoms with van der Waals surface area (Å²) in [6.07, 6.45) is 0. The second kappa shape index (κ2) is 24.7. The predicted octanol–water partition coefficient (Wildman–Crippen LogP) is 29.1. The summed E-state index contributed by atoms with van der Waals surface area (Å²) in [6.45, 7) is 0. The van der Waals surface area contributed by atoms with Crippen LogP contribution in [0, 0.1) is 0 Å². The molecule has 3 heterocycles. The van der Waals surface area contributed by atoms with Crippen LogP contribution in [0.15, 0.2) is 364 Å². The van der Waals surface area contributed by atoms with Crippen molar-refractivity contribution in [2.24, 2.45) is 0 Å². The number of thiophene rings is 3. The summed E-state index contributed by atoms with van der Waals surface area (Å²) < 4.78 is 8.11. The van der Waals surface area contributed by atoms with E-state index in [0.717, 1.165) is 0 Å². The second-order valence-corrected chi connectivity index (χ2v) is 28.8. The van der Waals surface area contributed by atoms with Crippen molar-refractivity contribution in [3.05, 3.63) is 364 Å². The van der Waals surface area contributed by atoms with Gasteiger partial charge in [-0.1, -0.05) is 322 Å². The van der Waals surface area contributed by atoms with Crippen molar-refractivity contribution in [2.45, 2.75) is 0 Å². The quantitative estimate of drug-likeness (QED) is 0.146. The molecule has 0 bridgehead atoms. The Kier molecular flexibility index (Phi) is 14.6. The first-order valence-electron chi connectivity index (χ1n) is 33.9. The fraction of sp³-hybridized carbons (Fsp3) is 0. The molecule has 462 valence electrons. The Morgan fingerprint density at radius 1 is 0.131 bits per heavy atom. The van der Waals surface area contributed by atoms with E-state index in [0.29, 0.717) is 0 Å². The van der Waals surface area contributed by atoms with E-state index in [4.69, 9.17) is 0 Å². The summed E-state index contributed by atoms with van der Waals surface area (Å²) in [5, 5.41) is 23.6. The van der Waals surface area contributed by atoms with Crippen molar-refractivity contribution in [3.8, 4) is 66.8 Å². The summed E-state index contributed by atoms with van der Waals surface area (Å²) in [5.74, 6) is 0. The summed E-state index contributed by atoms with van der Waals surface area (Å²) in [5.41, 5.74) is 15.4. The third-order valence-electron chi connectivity index (χ3n) is 20.0. The molecule has 0 nitrogen and oxygen atoms in total. The minimum atomic E-state index is 1.25. The minimum absolute atomic E-state index is 1.25. The van der Waals surface area contributed by atoms with Gasteiger partial charge in [0, 0.05) is 66.1 Å². The second-order valence-electron chi connectivity index (χ2n) is 25.6. The molecule has 0 saturated heterocycles. The zero-order valence-corrected chi connectivity index (χ0v) is 56.3. The van der Waals surface area contributed by atoms with E-state index >= 15 is 0 Å². The van der Waals surface area contributed by atoms with Crippen LogP contribution in [0.5, 0.6) is 0 Å². The van der Waals surface area contributed by atoms with Crippen LogP contribution in [-0.4, -0.2) is 0 Å². The Morgan fingerprint density at radius 2 is 0.394 bits per heavy atom. The van der Waals surface area contributed by atoms with E-state index in [-0.39, 0.29) is 0 Å². The van der Waals surface area contributed by atoms with Crippen LogP contribution in [0.25, 0.3) is 192 Å². The molecule has 99 heavy (non-hydrogen) atoms. The lowest BCUT2D eigenvalue weighted by molar-refractivity contribution is 1.64. The van der Waals surface area contributed by atoms with Gasteiger partial charge in [-0.25, -0.2) is 0 Å². The molecule has 0 N–H and O–H groups in total. The fourth-order valence-electron chi connectivity index (χ4n) is 15.4. The van der Waals surface area contributed by atoms with Gasteiger partial charge in [0.25, 0.3) is 0 Å². The Balaban J connectivity index is 0.000000104. The van der Waals surface area contributed by atoms with Gasteiger partial charge in [-0.15, -0.1) is 34.0 Å². The highest BCUT2D eigenvalue weighted by molar-refractivity contribution is 7.27. The molecular weight excluding hydrogens is 1250 g/mol. The van der Waals surface area contributed by atoms with E-state index < -0.39 is 0 Å². The molecule has 18 aromatic carbocycles. The minimum Gasteiger partial charge on any atom is -0.135 e. The number of rotatable bonds is 6. The average Bonchev–Trinajstić information content (AvgIpc) is 1.63. The van der Waals surface area contributed by atoms with Crippen molar-refractivity contribution in [1.82, 2.24) is 0 Å². The molecule has 0 aliphatic carbocycles. The maximum atomic E-state index is 2.36. The predicted molar refractivity (Wildman–Crippen MR) is 436 cm³/mol. The highest BCUT2D eigenvalue weighted by Gasteiger charge is 2.19. The zero-order chi connectivity index (χ0) is 65.3. The normalized spacial score (nSPS) is 11.6. The van der Waals surface area contributed by atoms with Crippen LogP contribution in [0.3, 0.4) is 0 Å². The molecule has 0 saturated carbocycles.